The monoisotopic (exact) mass is 493 g/mol. The highest BCUT2D eigenvalue weighted by Crippen LogP contribution is 2.36. The Balaban J connectivity index is 1.68. The van der Waals surface area contributed by atoms with Gasteiger partial charge in [-0.2, -0.15) is 0 Å². The zero-order valence-electron chi connectivity index (χ0n) is 18.4. The van der Waals surface area contributed by atoms with Gasteiger partial charge in [0.25, 0.3) is 5.91 Å². The average molecular weight is 494 g/mol. The smallest absolute Gasteiger partial charge is 0.276 e. The third kappa shape index (κ3) is 3.96. The highest BCUT2D eigenvalue weighted by atomic mass is 79.9. The van der Waals surface area contributed by atoms with Gasteiger partial charge in [-0.3, -0.25) is 19.7 Å². The highest BCUT2D eigenvalue weighted by molar-refractivity contribution is 9.10. The maximum absolute atomic E-state index is 12.5. The topological polar surface area (TPSA) is 65.3 Å². The van der Waals surface area contributed by atoms with Crippen LogP contribution in [0.25, 0.3) is 16.6 Å². The number of aryl methyl sites for hydroxylation is 2. The first-order valence-corrected chi connectivity index (χ1v) is 11.1. The summed E-state index contributed by atoms with van der Waals surface area (Å²) in [5.74, 6) is 0.206. The lowest BCUT2D eigenvalue weighted by Crippen LogP contribution is -2.29. The number of halogens is 1. The van der Waals surface area contributed by atoms with E-state index in [0.29, 0.717) is 15.8 Å². The van der Waals surface area contributed by atoms with Crippen molar-refractivity contribution >= 4 is 38.5 Å². The number of para-hydroxylation sites is 1. The van der Waals surface area contributed by atoms with E-state index in [1.807, 2.05) is 75.4 Å². The van der Waals surface area contributed by atoms with Crippen molar-refractivity contribution in [1.29, 1.82) is 0 Å². The van der Waals surface area contributed by atoms with E-state index >= 15 is 0 Å². The van der Waals surface area contributed by atoms with Gasteiger partial charge in [-0.1, -0.05) is 18.2 Å². The Hall–Kier alpha value is -3.32. The number of benzene rings is 2. The van der Waals surface area contributed by atoms with Crippen LogP contribution in [0.4, 0.5) is 0 Å². The number of hydrogen-bond donors (Lipinski definition) is 1. The average Bonchev–Trinajstić information content (AvgIpc) is 3.22. The summed E-state index contributed by atoms with van der Waals surface area (Å²) >= 11 is 3.57. The number of aromatic nitrogens is 2. The fraction of sp³-hybridized carbons (Fsp3) is 0.200. The van der Waals surface area contributed by atoms with Gasteiger partial charge in [0.2, 0.25) is 0 Å². The van der Waals surface area contributed by atoms with Gasteiger partial charge in [-0.25, -0.2) is 0 Å². The summed E-state index contributed by atoms with van der Waals surface area (Å²) < 4.78 is 10.3. The number of carbonyl (C=O) groups excluding carboxylic acids is 2. The molecule has 0 aliphatic heterocycles. The van der Waals surface area contributed by atoms with Crippen LogP contribution in [-0.2, 0) is 4.79 Å². The fourth-order valence-corrected chi connectivity index (χ4v) is 4.47. The quantitative estimate of drug-likeness (QED) is 0.362. The Morgan fingerprint density at radius 1 is 1.00 bits per heavy atom. The highest BCUT2D eigenvalue weighted by Gasteiger charge is 2.21. The number of amides is 1. The molecule has 7 heteroatoms. The predicted octanol–water partition coefficient (Wildman–Crippen LogP) is 5.47. The van der Waals surface area contributed by atoms with Crippen LogP contribution in [0.5, 0.6) is 5.75 Å². The molecule has 0 radical (unpaired) electrons. The number of fused-ring (bicyclic) bond motifs is 1. The summed E-state index contributed by atoms with van der Waals surface area (Å²) in [6.07, 6.45) is 0. The third-order valence-corrected chi connectivity index (χ3v) is 6.11. The number of ether oxygens (including phenoxy) is 1. The van der Waals surface area contributed by atoms with Crippen LogP contribution in [0.3, 0.4) is 0 Å². The largest absolute Gasteiger partial charge is 0.482 e. The summed E-state index contributed by atoms with van der Waals surface area (Å²) in [5, 5.41) is 0.787. The second kappa shape index (κ2) is 8.67. The zero-order valence-corrected chi connectivity index (χ0v) is 20.0. The predicted molar refractivity (Wildman–Crippen MR) is 129 cm³/mol. The van der Waals surface area contributed by atoms with E-state index in [-0.39, 0.29) is 18.3 Å². The molecule has 2 aromatic heterocycles. The molecule has 6 nitrogen and oxygen atoms in total. The van der Waals surface area contributed by atoms with Gasteiger partial charge in [0.15, 0.2) is 12.4 Å². The summed E-state index contributed by atoms with van der Waals surface area (Å²) in [6, 6.07) is 17.5. The number of carbonyl (C=O) groups is 2. The van der Waals surface area contributed by atoms with Crippen molar-refractivity contribution in [2.75, 3.05) is 12.0 Å². The number of hydrogen-bond acceptors (Lipinski definition) is 3. The first-order chi connectivity index (χ1) is 15.3. The Bertz CT molecular complexity index is 1320. The van der Waals surface area contributed by atoms with Crippen LogP contribution in [0, 0.1) is 20.8 Å². The standard InChI is InChI=1S/C25H24BrN3O3/c1-15-10-11-16(2)29(15)27-24(31)14-32-23-12-20-22(13-21(23)26)28(17(3)25(20)18(4)30)19-8-6-5-7-9-19/h5-13H,14H2,1-4H3,(H,27,31). The van der Waals surface area contributed by atoms with Gasteiger partial charge >= 0.3 is 0 Å². The van der Waals surface area contributed by atoms with E-state index in [2.05, 4.69) is 25.9 Å². The van der Waals surface area contributed by atoms with Gasteiger partial charge in [0.05, 0.1) is 9.99 Å². The molecule has 32 heavy (non-hydrogen) atoms. The second-order valence-corrected chi connectivity index (χ2v) is 8.62. The summed E-state index contributed by atoms with van der Waals surface area (Å²) in [4.78, 5) is 24.9. The second-order valence-electron chi connectivity index (χ2n) is 7.76. The van der Waals surface area contributed by atoms with E-state index in [1.54, 1.807) is 11.6 Å². The van der Waals surface area contributed by atoms with Gasteiger partial charge in [-0.05, 0) is 80.0 Å². The summed E-state index contributed by atoms with van der Waals surface area (Å²) in [6.45, 7) is 7.18. The van der Waals surface area contributed by atoms with Gasteiger partial charge < -0.3 is 9.30 Å². The molecule has 1 amide bonds. The van der Waals surface area contributed by atoms with Crippen LogP contribution in [0.2, 0.25) is 0 Å². The SMILES string of the molecule is CC(=O)c1c(C)n(-c2ccccc2)c2cc(Br)c(OCC(=O)Nn3c(C)ccc3C)cc12. The third-order valence-electron chi connectivity index (χ3n) is 5.49. The van der Waals surface area contributed by atoms with Crippen molar-refractivity contribution in [2.45, 2.75) is 27.7 Å². The normalized spacial score (nSPS) is 11.0. The molecule has 4 aromatic rings. The molecule has 2 heterocycles. The maximum atomic E-state index is 12.5. The summed E-state index contributed by atoms with van der Waals surface area (Å²) in [7, 11) is 0. The van der Waals surface area contributed by atoms with Crippen LogP contribution in [-0.4, -0.2) is 27.5 Å². The number of nitrogens with zero attached hydrogens (tertiary/aromatic N) is 2. The van der Waals surface area contributed by atoms with E-state index in [9.17, 15) is 9.59 Å². The lowest BCUT2D eigenvalue weighted by atomic mass is 10.1. The fourth-order valence-electron chi connectivity index (χ4n) is 4.03. The Morgan fingerprint density at radius 3 is 2.28 bits per heavy atom. The number of Topliss-reactive ketones (excluding diaryl/α,β-unsaturated/α-hetero) is 1. The van der Waals surface area contributed by atoms with Crippen molar-refractivity contribution in [3.8, 4) is 11.4 Å². The molecule has 0 unspecified atom stereocenters. The maximum Gasteiger partial charge on any atom is 0.276 e. The molecule has 0 atom stereocenters. The van der Waals surface area contributed by atoms with Crippen molar-refractivity contribution in [3.05, 3.63) is 81.7 Å². The van der Waals surface area contributed by atoms with E-state index in [1.165, 1.54) is 0 Å². The van der Waals surface area contributed by atoms with Crippen molar-refractivity contribution < 1.29 is 14.3 Å². The Kier molecular flexibility index (Phi) is 5.93. The number of ketones is 1. The van der Waals surface area contributed by atoms with E-state index in [0.717, 1.165) is 33.7 Å². The number of nitrogens with one attached hydrogen (secondary N) is 1. The first kappa shape index (κ1) is 21.9. The lowest BCUT2D eigenvalue weighted by molar-refractivity contribution is -0.119. The molecule has 0 fully saturated rings. The molecule has 0 aliphatic carbocycles. The molecule has 2 aromatic carbocycles. The van der Waals surface area contributed by atoms with Crippen molar-refractivity contribution in [2.24, 2.45) is 0 Å². The Labute approximate surface area is 194 Å². The number of rotatable bonds is 6. The molecule has 0 spiro atoms. The molecule has 164 valence electrons. The molecule has 0 aliphatic rings. The first-order valence-electron chi connectivity index (χ1n) is 10.3. The zero-order chi connectivity index (χ0) is 23.0. The molecule has 0 saturated carbocycles. The minimum Gasteiger partial charge on any atom is -0.482 e. The lowest BCUT2D eigenvalue weighted by Gasteiger charge is -2.13. The molecule has 0 saturated heterocycles. The van der Waals surface area contributed by atoms with Crippen LogP contribution >= 0.6 is 15.9 Å². The molecule has 0 bridgehead atoms. The van der Waals surface area contributed by atoms with Crippen LogP contribution in [0.1, 0.15) is 34.4 Å². The van der Waals surface area contributed by atoms with E-state index < -0.39 is 0 Å². The van der Waals surface area contributed by atoms with Gasteiger partial charge in [0.1, 0.15) is 5.75 Å². The van der Waals surface area contributed by atoms with Crippen LogP contribution in [0.15, 0.2) is 59.1 Å². The van der Waals surface area contributed by atoms with Crippen molar-refractivity contribution in [3.63, 3.8) is 0 Å². The Morgan fingerprint density at radius 2 is 1.66 bits per heavy atom. The van der Waals surface area contributed by atoms with E-state index in [4.69, 9.17) is 4.74 Å². The molecular weight excluding hydrogens is 470 g/mol. The molecular formula is C25H24BrN3O3. The van der Waals surface area contributed by atoms with Crippen LogP contribution < -0.4 is 10.2 Å². The summed E-state index contributed by atoms with van der Waals surface area (Å²) in [5.41, 5.74) is 8.06. The molecule has 4 rings (SSSR count). The molecule has 1 N–H and O–H groups in total. The van der Waals surface area contributed by atoms with Gasteiger partial charge in [-0.15, -0.1) is 0 Å². The van der Waals surface area contributed by atoms with Crippen molar-refractivity contribution in [1.82, 2.24) is 9.24 Å². The van der Waals surface area contributed by atoms with Gasteiger partial charge in [0, 0.05) is 33.7 Å². The minimum atomic E-state index is -0.274. The minimum absolute atomic E-state index is 0.0215.